The lowest BCUT2D eigenvalue weighted by Gasteiger charge is -2.27. The van der Waals surface area contributed by atoms with E-state index in [1.54, 1.807) is 55.8 Å². The number of nitrogens with zero attached hydrogens (tertiary/aromatic N) is 2. The summed E-state index contributed by atoms with van der Waals surface area (Å²) in [6.45, 7) is 3.10. The molecule has 0 aliphatic carbocycles. The van der Waals surface area contributed by atoms with Gasteiger partial charge in [-0.1, -0.05) is 42.5 Å². The number of carbonyl (C=O) groups is 1. The Kier molecular flexibility index (Phi) is 11.0. The molecule has 0 unspecified atom stereocenters. The van der Waals surface area contributed by atoms with Crippen LogP contribution in [0.25, 0.3) is 10.8 Å². The van der Waals surface area contributed by atoms with E-state index in [-0.39, 0.29) is 23.9 Å². The first-order chi connectivity index (χ1) is 20.3. The number of thiophene rings is 1. The minimum atomic E-state index is -3.99. The van der Waals surface area contributed by atoms with Gasteiger partial charge in [-0.15, -0.1) is 11.3 Å². The maximum Gasteiger partial charge on any atom is 0.244 e. The van der Waals surface area contributed by atoms with Crippen LogP contribution in [0.5, 0.6) is 11.5 Å². The summed E-state index contributed by atoms with van der Waals surface area (Å²) in [7, 11) is 0.768. The smallest absolute Gasteiger partial charge is 0.244 e. The van der Waals surface area contributed by atoms with Crippen molar-refractivity contribution < 1.29 is 27.4 Å². The minimum absolute atomic E-state index is 0.159. The van der Waals surface area contributed by atoms with Crippen LogP contribution in [0.15, 0.2) is 77.7 Å². The number of carbonyl (C=O) groups excluding carboxylic acids is 1. The molecular weight excluding hydrogens is 572 g/mol. The number of ether oxygens (including phenoxy) is 3. The maximum absolute atomic E-state index is 14.1. The number of sulfonamides is 1. The Morgan fingerprint density at radius 3 is 2.36 bits per heavy atom. The van der Waals surface area contributed by atoms with Crippen LogP contribution in [-0.4, -0.2) is 71.1 Å². The van der Waals surface area contributed by atoms with E-state index in [9.17, 15) is 13.2 Å². The normalized spacial score (nSPS) is 11.6. The van der Waals surface area contributed by atoms with Gasteiger partial charge in [0.05, 0.1) is 32.2 Å². The highest BCUT2D eigenvalue weighted by Gasteiger charge is 2.30. The van der Waals surface area contributed by atoms with E-state index in [2.05, 4.69) is 0 Å². The number of methoxy groups -OCH3 is 3. The highest BCUT2D eigenvalue weighted by Crippen LogP contribution is 2.29. The fourth-order valence-electron chi connectivity index (χ4n) is 4.83. The second-order valence-electron chi connectivity index (χ2n) is 9.93. The summed E-state index contributed by atoms with van der Waals surface area (Å²) in [5, 5.41) is 1.45. The molecule has 0 aliphatic rings. The third-order valence-corrected chi connectivity index (χ3v) is 9.94. The van der Waals surface area contributed by atoms with Crippen LogP contribution in [0, 0.1) is 6.92 Å². The summed E-state index contributed by atoms with van der Waals surface area (Å²) in [6.07, 6.45) is 1.03. The number of hydrogen-bond donors (Lipinski definition) is 0. The van der Waals surface area contributed by atoms with Crippen molar-refractivity contribution >= 4 is 38.0 Å². The van der Waals surface area contributed by atoms with Crippen LogP contribution in [-0.2, 0) is 32.5 Å². The maximum atomic E-state index is 14.1. The topological polar surface area (TPSA) is 85.4 Å². The quantitative estimate of drug-likeness (QED) is 0.165. The summed E-state index contributed by atoms with van der Waals surface area (Å²) in [4.78, 5) is 18.1. The largest absolute Gasteiger partial charge is 0.493 e. The Hall–Kier alpha value is -3.44. The molecule has 10 heteroatoms. The lowest BCUT2D eigenvalue weighted by molar-refractivity contribution is -0.132. The summed E-state index contributed by atoms with van der Waals surface area (Å²) < 4.78 is 45.4. The third kappa shape index (κ3) is 7.69. The van der Waals surface area contributed by atoms with Gasteiger partial charge in [-0.25, -0.2) is 8.42 Å². The number of amides is 1. The predicted octanol–water partition coefficient (Wildman–Crippen LogP) is 5.53. The molecule has 3 aromatic carbocycles. The average Bonchev–Trinajstić information content (AvgIpc) is 3.42. The van der Waals surface area contributed by atoms with Crippen LogP contribution < -0.4 is 9.47 Å². The molecule has 1 aromatic heterocycles. The number of rotatable bonds is 15. The Labute approximate surface area is 252 Å². The second-order valence-corrected chi connectivity index (χ2v) is 13.2. The number of fused-ring (bicyclic) bond motifs is 1. The molecule has 0 saturated heterocycles. The van der Waals surface area contributed by atoms with E-state index in [4.69, 9.17) is 14.2 Å². The zero-order valence-electron chi connectivity index (χ0n) is 24.5. The lowest BCUT2D eigenvalue weighted by Crippen LogP contribution is -2.43. The molecule has 0 bridgehead atoms. The summed E-state index contributed by atoms with van der Waals surface area (Å²) in [6, 6.07) is 22.3. The summed E-state index contributed by atoms with van der Waals surface area (Å²) in [5.74, 6) is 0.989. The molecule has 0 N–H and O–H groups in total. The molecule has 0 spiro atoms. The number of benzene rings is 3. The molecule has 1 amide bonds. The third-order valence-electron chi connectivity index (χ3n) is 7.05. The Bertz CT molecular complexity index is 1600. The first-order valence-corrected chi connectivity index (χ1v) is 16.0. The van der Waals surface area contributed by atoms with Gasteiger partial charge in [0.1, 0.15) is 0 Å². The van der Waals surface area contributed by atoms with Crippen LogP contribution >= 0.6 is 11.3 Å². The first-order valence-electron chi connectivity index (χ1n) is 13.8. The van der Waals surface area contributed by atoms with Gasteiger partial charge < -0.3 is 19.1 Å². The minimum Gasteiger partial charge on any atom is -0.493 e. The summed E-state index contributed by atoms with van der Waals surface area (Å²) in [5.41, 5.74) is 0.980. The van der Waals surface area contributed by atoms with Gasteiger partial charge in [0.2, 0.25) is 15.9 Å². The van der Waals surface area contributed by atoms with Crippen molar-refractivity contribution in [1.29, 1.82) is 0 Å². The molecular formula is C32H38N2O6S2. The van der Waals surface area contributed by atoms with Gasteiger partial charge in [-0.2, -0.15) is 4.31 Å². The molecule has 0 radical (unpaired) electrons. The van der Waals surface area contributed by atoms with Gasteiger partial charge in [0, 0.05) is 41.9 Å². The lowest BCUT2D eigenvalue weighted by atomic mass is 10.1. The van der Waals surface area contributed by atoms with Crippen molar-refractivity contribution in [2.24, 2.45) is 0 Å². The van der Waals surface area contributed by atoms with Crippen LogP contribution in [0.4, 0.5) is 0 Å². The zero-order chi connectivity index (χ0) is 30.1. The molecule has 4 rings (SSSR count). The predicted molar refractivity (Wildman–Crippen MR) is 167 cm³/mol. The highest BCUT2D eigenvalue weighted by molar-refractivity contribution is 7.89. The Balaban J connectivity index is 1.61. The molecule has 4 aromatic rings. The van der Waals surface area contributed by atoms with Crippen LogP contribution in [0.1, 0.15) is 21.7 Å². The van der Waals surface area contributed by atoms with Crippen LogP contribution in [0.2, 0.25) is 0 Å². The number of aryl methyl sites for hydroxylation is 1. The van der Waals surface area contributed by atoms with E-state index >= 15 is 0 Å². The van der Waals surface area contributed by atoms with Gasteiger partial charge in [-0.05, 0) is 61.0 Å². The molecule has 0 atom stereocenters. The monoisotopic (exact) mass is 610 g/mol. The van der Waals surface area contributed by atoms with Crippen molar-refractivity contribution in [2.45, 2.75) is 31.2 Å². The molecule has 42 heavy (non-hydrogen) atoms. The van der Waals surface area contributed by atoms with Crippen molar-refractivity contribution in [3.05, 3.63) is 88.1 Å². The van der Waals surface area contributed by atoms with Crippen molar-refractivity contribution in [2.75, 3.05) is 47.6 Å². The van der Waals surface area contributed by atoms with E-state index in [0.717, 1.165) is 20.7 Å². The fraction of sp³-hybridized carbons (Fsp3) is 0.344. The van der Waals surface area contributed by atoms with E-state index in [1.165, 1.54) is 4.31 Å². The molecule has 0 aliphatic heterocycles. The van der Waals surface area contributed by atoms with E-state index in [1.807, 2.05) is 61.5 Å². The van der Waals surface area contributed by atoms with E-state index < -0.39 is 10.0 Å². The van der Waals surface area contributed by atoms with Crippen LogP contribution in [0.3, 0.4) is 0 Å². The van der Waals surface area contributed by atoms with Gasteiger partial charge in [-0.3, -0.25) is 4.79 Å². The molecule has 0 fully saturated rings. The number of hydrogen-bond acceptors (Lipinski definition) is 7. The van der Waals surface area contributed by atoms with Gasteiger partial charge in [0.15, 0.2) is 11.5 Å². The second kappa shape index (κ2) is 14.6. The zero-order valence-corrected chi connectivity index (χ0v) is 26.2. The van der Waals surface area contributed by atoms with E-state index in [0.29, 0.717) is 49.4 Å². The average molecular weight is 611 g/mol. The summed E-state index contributed by atoms with van der Waals surface area (Å²) >= 11 is 1.63. The Morgan fingerprint density at radius 2 is 1.64 bits per heavy atom. The molecule has 1 heterocycles. The molecule has 8 nitrogen and oxygen atoms in total. The fourth-order valence-corrected chi connectivity index (χ4v) is 7.38. The van der Waals surface area contributed by atoms with Gasteiger partial charge >= 0.3 is 0 Å². The first kappa shape index (κ1) is 31.5. The van der Waals surface area contributed by atoms with Crippen molar-refractivity contribution in [3.63, 3.8) is 0 Å². The standard InChI is InChI=1S/C32H38N2O6S2/c1-24-13-15-27(41-24)22-33(19-17-25-14-16-29(39-3)30(21-25)40-4)32(35)23-34(18-8-20-38-2)42(36,37)31-12-7-10-26-9-5-6-11-28(26)31/h5-7,9-16,21H,8,17-20,22-23H2,1-4H3. The Morgan fingerprint density at radius 1 is 0.881 bits per heavy atom. The van der Waals surface area contributed by atoms with Crippen molar-refractivity contribution in [1.82, 2.24) is 9.21 Å². The van der Waals surface area contributed by atoms with Crippen molar-refractivity contribution in [3.8, 4) is 11.5 Å². The molecule has 224 valence electrons. The highest BCUT2D eigenvalue weighted by atomic mass is 32.2. The van der Waals surface area contributed by atoms with Gasteiger partial charge in [0.25, 0.3) is 0 Å². The SMILES string of the molecule is COCCCN(CC(=O)N(CCc1ccc(OC)c(OC)c1)Cc1ccc(C)s1)S(=O)(=O)c1cccc2ccccc12. The molecule has 0 saturated carbocycles.